The topological polar surface area (TPSA) is 73.2 Å². The van der Waals surface area contributed by atoms with Crippen molar-refractivity contribution in [3.63, 3.8) is 0 Å². The first-order chi connectivity index (χ1) is 15.5. The number of amides is 1. The fourth-order valence-corrected chi connectivity index (χ4v) is 5.00. The smallest absolute Gasteiger partial charge is 0.279 e. The predicted molar refractivity (Wildman–Crippen MR) is 128 cm³/mol. The third-order valence-corrected chi connectivity index (χ3v) is 6.75. The summed E-state index contributed by atoms with van der Waals surface area (Å²) in [6, 6.07) is 15.8. The molecule has 32 heavy (non-hydrogen) atoms. The Morgan fingerprint density at radius 2 is 1.91 bits per heavy atom. The molecule has 1 aliphatic heterocycles. The number of thioether (sulfide) groups is 1. The quantitative estimate of drug-likeness (QED) is 0.420. The van der Waals surface area contributed by atoms with Gasteiger partial charge in [0.05, 0.1) is 12.2 Å². The highest BCUT2D eigenvalue weighted by atomic mass is 32.2. The van der Waals surface area contributed by atoms with E-state index >= 15 is 0 Å². The van der Waals surface area contributed by atoms with Crippen molar-refractivity contribution in [3.8, 4) is 5.75 Å². The zero-order chi connectivity index (χ0) is 22.7. The van der Waals surface area contributed by atoms with Crippen molar-refractivity contribution in [2.75, 3.05) is 11.9 Å². The van der Waals surface area contributed by atoms with Crippen molar-refractivity contribution in [3.05, 3.63) is 81.1 Å². The van der Waals surface area contributed by atoms with Crippen LogP contribution in [0.15, 0.2) is 58.5 Å². The number of carbonyl (C=O) groups is 1. The van der Waals surface area contributed by atoms with E-state index in [4.69, 9.17) is 4.74 Å². The van der Waals surface area contributed by atoms with E-state index in [9.17, 15) is 9.59 Å². The molecule has 0 radical (unpaired) electrons. The Hall–Kier alpha value is -3.06. The van der Waals surface area contributed by atoms with Crippen molar-refractivity contribution in [1.82, 2.24) is 9.55 Å². The number of anilines is 1. The van der Waals surface area contributed by atoms with Crippen molar-refractivity contribution in [2.24, 2.45) is 7.05 Å². The second kappa shape index (κ2) is 9.61. The predicted octanol–water partition coefficient (Wildman–Crippen LogP) is 4.64. The summed E-state index contributed by atoms with van der Waals surface area (Å²) in [5, 5.41) is 3.49. The Balaban J connectivity index is 1.72. The van der Waals surface area contributed by atoms with Crippen molar-refractivity contribution < 1.29 is 9.53 Å². The van der Waals surface area contributed by atoms with E-state index in [1.165, 1.54) is 22.9 Å². The van der Waals surface area contributed by atoms with Crippen molar-refractivity contribution >= 4 is 23.5 Å². The van der Waals surface area contributed by atoms with Crippen LogP contribution in [0, 0.1) is 6.92 Å². The highest BCUT2D eigenvalue weighted by Crippen LogP contribution is 2.39. The molecule has 1 aliphatic rings. The normalized spacial score (nSPS) is 15.2. The zero-order valence-electron chi connectivity index (χ0n) is 18.6. The number of carbonyl (C=O) groups excluding carboxylic acids is 1. The van der Waals surface area contributed by atoms with Gasteiger partial charge in [-0.3, -0.25) is 9.59 Å². The van der Waals surface area contributed by atoms with Crippen LogP contribution in [-0.4, -0.2) is 22.1 Å². The van der Waals surface area contributed by atoms with E-state index in [1.54, 1.807) is 0 Å². The third kappa shape index (κ3) is 4.43. The van der Waals surface area contributed by atoms with Gasteiger partial charge in [-0.1, -0.05) is 61.2 Å². The number of benzene rings is 2. The first kappa shape index (κ1) is 22.1. The van der Waals surface area contributed by atoms with E-state index in [-0.39, 0.29) is 17.9 Å². The molecular formula is C25H27N3O3S. The summed E-state index contributed by atoms with van der Waals surface area (Å²) in [5.41, 5.74) is 3.44. The van der Waals surface area contributed by atoms with Gasteiger partial charge in [-0.15, -0.1) is 0 Å². The van der Waals surface area contributed by atoms with Crippen LogP contribution in [0.2, 0.25) is 0 Å². The minimum absolute atomic E-state index is 0.121. The summed E-state index contributed by atoms with van der Waals surface area (Å²) in [6.07, 6.45) is 1.06. The van der Waals surface area contributed by atoms with Gasteiger partial charge < -0.3 is 14.6 Å². The first-order valence-corrected chi connectivity index (χ1v) is 11.8. The summed E-state index contributed by atoms with van der Waals surface area (Å²) in [4.78, 5) is 30.2. The maximum Gasteiger partial charge on any atom is 0.279 e. The molecule has 0 fully saturated rings. The highest BCUT2D eigenvalue weighted by Gasteiger charge is 2.33. The van der Waals surface area contributed by atoms with E-state index < -0.39 is 5.92 Å². The van der Waals surface area contributed by atoms with Gasteiger partial charge in [0, 0.05) is 30.7 Å². The Bertz CT molecular complexity index is 1210. The molecule has 6 nitrogen and oxygen atoms in total. The SMILES string of the molecule is CCCOc1ccccc1[C@@H]1CC(=O)Nc2c1c(=O)nc(SCc1ccccc1C)n2C. The number of hydrogen-bond donors (Lipinski definition) is 1. The van der Waals surface area contributed by atoms with Crippen molar-refractivity contribution in [2.45, 2.75) is 43.5 Å². The van der Waals surface area contributed by atoms with Gasteiger partial charge in [-0.25, -0.2) is 0 Å². The van der Waals surface area contributed by atoms with Crippen LogP contribution in [0.4, 0.5) is 5.82 Å². The Kier molecular flexibility index (Phi) is 6.65. The lowest BCUT2D eigenvalue weighted by Crippen LogP contribution is -2.33. The molecule has 0 saturated heterocycles. The van der Waals surface area contributed by atoms with Crippen molar-refractivity contribution in [1.29, 1.82) is 0 Å². The number of aryl methyl sites for hydroxylation is 1. The molecule has 1 atom stereocenters. The van der Waals surface area contributed by atoms with E-state index in [0.29, 0.717) is 34.6 Å². The van der Waals surface area contributed by atoms with E-state index in [0.717, 1.165) is 12.0 Å². The number of nitrogens with one attached hydrogen (secondary N) is 1. The largest absolute Gasteiger partial charge is 0.493 e. The first-order valence-electron chi connectivity index (χ1n) is 10.8. The second-order valence-corrected chi connectivity index (χ2v) is 8.87. The lowest BCUT2D eigenvalue weighted by Gasteiger charge is -2.28. The lowest BCUT2D eigenvalue weighted by atomic mass is 9.86. The molecule has 1 amide bonds. The average molecular weight is 450 g/mol. The molecule has 0 bridgehead atoms. The molecule has 0 saturated carbocycles. The van der Waals surface area contributed by atoms with Gasteiger partial charge in [0.1, 0.15) is 11.6 Å². The van der Waals surface area contributed by atoms with Crippen LogP contribution < -0.4 is 15.6 Å². The van der Waals surface area contributed by atoms with Gasteiger partial charge in [0.15, 0.2) is 5.16 Å². The number of rotatable bonds is 7. The number of nitrogens with zero attached hydrogens (tertiary/aromatic N) is 2. The molecule has 0 aliphatic carbocycles. The van der Waals surface area contributed by atoms with Gasteiger partial charge in [-0.05, 0) is 30.5 Å². The summed E-state index contributed by atoms with van der Waals surface area (Å²) < 4.78 is 7.74. The zero-order valence-corrected chi connectivity index (χ0v) is 19.4. The van der Waals surface area contributed by atoms with Crippen LogP contribution in [0.3, 0.4) is 0 Å². The highest BCUT2D eigenvalue weighted by molar-refractivity contribution is 7.98. The summed E-state index contributed by atoms with van der Waals surface area (Å²) in [5.74, 6) is 1.40. The minimum Gasteiger partial charge on any atom is -0.493 e. The summed E-state index contributed by atoms with van der Waals surface area (Å²) >= 11 is 1.49. The third-order valence-electron chi connectivity index (χ3n) is 5.68. The van der Waals surface area contributed by atoms with Crippen LogP contribution in [0.5, 0.6) is 5.75 Å². The maximum atomic E-state index is 13.2. The lowest BCUT2D eigenvalue weighted by molar-refractivity contribution is -0.116. The van der Waals surface area contributed by atoms with Crippen LogP contribution in [-0.2, 0) is 17.6 Å². The van der Waals surface area contributed by atoms with Gasteiger partial charge in [0.25, 0.3) is 5.56 Å². The number of fused-ring (bicyclic) bond motifs is 1. The fraction of sp³-hybridized carbons (Fsp3) is 0.320. The molecule has 0 unspecified atom stereocenters. The second-order valence-electron chi connectivity index (χ2n) is 7.93. The summed E-state index contributed by atoms with van der Waals surface area (Å²) in [6.45, 7) is 4.69. The van der Waals surface area contributed by atoms with Gasteiger partial charge in [-0.2, -0.15) is 4.98 Å². The molecule has 1 N–H and O–H groups in total. The van der Waals surface area contributed by atoms with Gasteiger partial charge in [0.2, 0.25) is 5.91 Å². The minimum atomic E-state index is -0.395. The molecular weight excluding hydrogens is 422 g/mol. The molecule has 3 aromatic rings. The number of hydrogen-bond acceptors (Lipinski definition) is 5. The number of aromatic nitrogens is 2. The Morgan fingerprint density at radius 1 is 1.16 bits per heavy atom. The molecule has 2 aromatic carbocycles. The monoisotopic (exact) mass is 449 g/mol. The number of ether oxygens (including phenoxy) is 1. The van der Waals surface area contributed by atoms with Crippen LogP contribution in [0.25, 0.3) is 0 Å². The maximum absolute atomic E-state index is 13.2. The average Bonchev–Trinajstić information content (AvgIpc) is 2.79. The van der Waals surface area contributed by atoms with Gasteiger partial charge >= 0.3 is 0 Å². The molecule has 166 valence electrons. The molecule has 0 spiro atoms. The molecule has 7 heteroatoms. The van der Waals surface area contributed by atoms with Crippen LogP contribution >= 0.6 is 11.8 Å². The number of para-hydroxylation sites is 1. The fourth-order valence-electron chi connectivity index (χ4n) is 3.96. The Labute approximate surface area is 192 Å². The Morgan fingerprint density at radius 3 is 2.69 bits per heavy atom. The molecule has 1 aromatic heterocycles. The molecule has 2 heterocycles. The summed E-state index contributed by atoms with van der Waals surface area (Å²) in [7, 11) is 1.84. The van der Waals surface area contributed by atoms with E-state index in [2.05, 4.69) is 29.4 Å². The molecule has 4 rings (SSSR count). The standard InChI is InChI=1S/C25H27N3O3S/c1-4-13-31-20-12-8-7-11-18(20)19-14-21(29)26-23-22(19)24(30)27-25(28(23)3)32-15-17-10-6-5-9-16(17)2/h5-12,19H,4,13-15H2,1-3H3,(H,26,29)/t19-/m0/s1. The van der Waals surface area contributed by atoms with E-state index in [1.807, 2.05) is 54.9 Å². The van der Waals surface area contributed by atoms with Crippen LogP contribution in [0.1, 0.15) is 47.9 Å².